The Hall–Kier alpha value is -2.50. The molecule has 0 spiro atoms. The number of thiophene rings is 1. The maximum absolute atomic E-state index is 13.3. The maximum atomic E-state index is 13.3. The normalized spacial score (nSPS) is 17.2. The van der Waals surface area contributed by atoms with Gasteiger partial charge in [0.2, 0.25) is 5.91 Å². The summed E-state index contributed by atoms with van der Waals surface area (Å²) in [6.07, 6.45) is 3.04. The molecule has 1 N–H and O–H groups in total. The van der Waals surface area contributed by atoms with Crippen molar-refractivity contribution in [1.29, 1.82) is 0 Å². The fourth-order valence-corrected chi connectivity index (χ4v) is 4.62. The van der Waals surface area contributed by atoms with E-state index in [9.17, 15) is 9.18 Å². The molecule has 0 radical (unpaired) electrons. The van der Waals surface area contributed by atoms with Gasteiger partial charge in [0.1, 0.15) is 5.82 Å². The average Bonchev–Trinajstić information content (AvgIpc) is 3.28. The molecule has 0 saturated carbocycles. The Bertz CT molecular complexity index is 940. The van der Waals surface area contributed by atoms with Crippen molar-refractivity contribution in [3.63, 3.8) is 0 Å². The highest BCUT2D eigenvalue weighted by atomic mass is 32.1. The summed E-state index contributed by atoms with van der Waals surface area (Å²) in [4.78, 5) is 16.4. The fourth-order valence-electron chi connectivity index (χ4n) is 3.88. The highest BCUT2D eigenvalue weighted by molar-refractivity contribution is 7.13. The van der Waals surface area contributed by atoms with Crippen LogP contribution in [-0.2, 0) is 17.9 Å². The molecule has 5 heteroatoms. The van der Waals surface area contributed by atoms with Crippen molar-refractivity contribution >= 4 is 17.2 Å². The molecule has 1 fully saturated rings. The molecule has 3 nitrogen and oxygen atoms in total. The molecule has 1 unspecified atom stereocenters. The van der Waals surface area contributed by atoms with Gasteiger partial charge >= 0.3 is 0 Å². The topological polar surface area (TPSA) is 32.3 Å². The summed E-state index contributed by atoms with van der Waals surface area (Å²) in [5.41, 5.74) is 3.23. The summed E-state index contributed by atoms with van der Waals surface area (Å²) in [6, 6.07) is 19.1. The number of hydrogen-bond donors (Lipinski definition) is 1. The van der Waals surface area contributed by atoms with Crippen LogP contribution >= 0.6 is 11.3 Å². The van der Waals surface area contributed by atoms with Crippen LogP contribution in [0.1, 0.15) is 30.4 Å². The molecule has 1 atom stereocenters. The van der Waals surface area contributed by atoms with Gasteiger partial charge in [-0.3, -0.25) is 9.69 Å². The van der Waals surface area contributed by atoms with Crippen molar-refractivity contribution in [3.8, 4) is 10.4 Å². The molecule has 0 aliphatic carbocycles. The van der Waals surface area contributed by atoms with E-state index in [1.54, 1.807) is 17.4 Å². The summed E-state index contributed by atoms with van der Waals surface area (Å²) in [5.74, 6) is -0.244. The van der Waals surface area contributed by atoms with Crippen molar-refractivity contribution in [2.75, 3.05) is 6.54 Å². The van der Waals surface area contributed by atoms with E-state index >= 15 is 0 Å². The molecule has 29 heavy (non-hydrogen) atoms. The minimum Gasteiger partial charge on any atom is -0.351 e. The van der Waals surface area contributed by atoms with E-state index in [1.165, 1.54) is 28.1 Å². The molecular weight excluding hydrogens is 383 g/mol. The van der Waals surface area contributed by atoms with Gasteiger partial charge in [-0.15, -0.1) is 11.3 Å². The quantitative estimate of drug-likeness (QED) is 0.606. The van der Waals surface area contributed by atoms with Crippen molar-refractivity contribution < 1.29 is 9.18 Å². The van der Waals surface area contributed by atoms with Gasteiger partial charge < -0.3 is 5.32 Å². The van der Waals surface area contributed by atoms with Crippen molar-refractivity contribution in [2.45, 2.75) is 38.4 Å². The molecular formula is C24H25FN2OS. The van der Waals surface area contributed by atoms with Gasteiger partial charge in [0.15, 0.2) is 0 Å². The number of hydrogen-bond acceptors (Lipinski definition) is 3. The number of piperidine rings is 1. The number of benzene rings is 2. The Morgan fingerprint density at radius 2 is 1.93 bits per heavy atom. The van der Waals surface area contributed by atoms with Crippen LogP contribution in [0.5, 0.6) is 0 Å². The summed E-state index contributed by atoms with van der Waals surface area (Å²) in [6.45, 7) is 2.05. The zero-order valence-corrected chi connectivity index (χ0v) is 17.1. The number of nitrogens with zero attached hydrogens (tertiary/aromatic N) is 1. The molecule has 1 aliphatic rings. The molecule has 0 bridgehead atoms. The fraction of sp³-hybridized carbons (Fsp3) is 0.292. The lowest BCUT2D eigenvalue weighted by molar-refractivity contribution is -0.128. The van der Waals surface area contributed by atoms with Crippen LogP contribution in [0.4, 0.5) is 4.39 Å². The summed E-state index contributed by atoms with van der Waals surface area (Å²) < 4.78 is 13.3. The largest absolute Gasteiger partial charge is 0.351 e. The monoisotopic (exact) mass is 408 g/mol. The van der Waals surface area contributed by atoms with Gasteiger partial charge in [-0.05, 0) is 59.7 Å². The lowest BCUT2D eigenvalue weighted by Crippen LogP contribution is -2.48. The first-order chi connectivity index (χ1) is 14.2. The van der Waals surface area contributed by atoms with E-state index in [2.05, 4.69) is 52.0 Å². The van der Waals surface area contributed by atoms with Crippen LogP contribution in [-0.4, -0.2) is 23.4 Å². The summed E-state index contributed by atoms with van der Waals surface area (Å²) >= 11 is 1.74. The third-order valence-corrected chi connectivity index (χ3v) is 6.34. The number of carbonyl (C=O) groups excluding carboxylic acids is 1. The maximum Gasteiger partial charge on any atom is 0.237 e. The van der Waals surface area contributed by atoms with Crippen LogP contribution < -0.4 is 5.32 Å². The van der Waals surface area contributed by atoms with E-state index in [-0.39, 0.29) is 17.8 Å². The van der Waals surface area contributed by atoms with E-state index < -0.39 is 0 Å². The Labute approximate surface area is 175 Å². The third kappa shape index (κ3) is 5.11. The molecule has 1 saturated heterocycles. The second-order valence-corrected chi connectivity index (χ2v) is 8.45. The average molecular weight is 409 g/mol. The zero-order valence-electron chi connectivity index (χ0n) is 16.3. The minimum atomic E-state index is -0.276. The van der Waals surface area contributed by atoms with Crippen LogP contribution in [0.15, 0.2) is 66.0 Å². The second-order valence-electron chi connectivity index (χ2n) is 7.50. The van der Waals surface area contributed by atoms with E-state index in [1.807, 2.05) is 6.07 Å². The number of rotatable bonds is 6. The first-order valence-corrected chi connectivity index (χ1v) is 11.0. The zero-order chi connectivity index (χ0) is 20.1. The second kappa shape index (κ2) is 9.33. The first kappa shape index (κ1) is 19.8. The number of amides is 1. The smallest absolute Gasteiger partial charge is 0.237 e. The van der Waals surface area contributed by atoms with Gasteiger partial charge in [-0.25, -0.2) is 4.39 Å². The Morgan fingerprint density at radius 3 is 2.69 bits per heavy atom. The van der Waals surface area contributed by atoms with Crippen LogP contribution in [0.25, 0.3) is 10.4 Å². The molecule has 1 aliphatic heterocycles. The van der Waals surface area contributed by atoms with Crippen LogP contribution in [0.2, 0.25) is 0 Å². The lowest BCUT2D eigenvalue weighted by Gasteiger charge is -2.34. The Morgan fingerprint density at radius 1 is 1.07 bits per heavy atom. The number of halogens is 1. The van der Waals surface area contributed by atoms with Gasteiger partial charge in [0.25, 0.3) is 0 Å². The van der Waals surface area contributed by atoms with E-state index in [0.717, 1.165) is 37.9 Å². The molecule has 150 valence electrons. The van der Waals surface area contributed by atoms with E-state index in [4.69, 9.17) is 0 Å². The van der Waals surface area contributed by atoms with Crippen LogP contribution in [0.3, 0.4) is 0 Å². The van der Waals surface area contributed by atoms with Crippen molar-refractivity contribution in [2.24, 2.45) is 0 Å². The Kier molecular flexibility index (Phi) is 6.37. The molecule has 3 aromatic rings. The van der Waals surface area contributed by atoms with Crippen molar-refractivity contribution in [1.82, 2.24) is 10.2 Å². The Balaban J connectivity index is 1.38. The van der Waals surface area contributed by atoms with Gasteiger partial charge in [-0.2, -0.15) is 0 Å². The lowest BCUT2D eigenvalue weighted by atomic mass is 10.00. The van der Waals surface area contributed by atoms with E-state index in [0.29, 0.717) is 6.54 Å². The van der Waals surface area contributed by atoms with Gasteiger partial charge in [0, 0.05) is 18.0 Å². The first-order valence-electron chi connectivity index (χ1n) is 10.1. The van der Waals surface area contributed by atoms with Crippen LogP contribution in [0, 0.1) is 5.82 Å². The minimum absolute atomic E-state index is 0.0316. The molecule has 1 amide bonds. The predicted octanol–water partition coefficient (Wildman–Crippen LogP) is 5.23. The van der Waals surface area contributed by atoms with Gasteiger partial charge in [-0.1, -0.05) is 48.9 Å². The van der Waals surface area contributed by atoms with Gasteiger partial charge in [0.05, 0.1) is 6.04 Å². The predicted molar refractivity (Wildman–Crippen MR) is 116 cm³/mol. The molecule has 2 heterocycles. The highest BCUT2D eigenvalue weighted by Gasteiger charge is 2.28. The molecule has 1 aromatic heterocycles. The number of nitrogens with one attached hydrogen (secondary N) is 1. The standard InChI is InChI=1S/C24H25FN2OS/c25-21-6-3-5-19(15-21)16-26-24(28)22-7-1-2-13-27(22)17-18-9-11-20(12-10-18)23-8-4-14-29-23/h3-6,8-12,14-15,22H,1-2,7,13,16-17H2,(H,26,28). The SMILES string of the molecule is O=C(NCc1cccc(F)c1)C1CCCCN1Cc1ccc(-c2cccs2)cc1. The van der Waals surface area contributed by atoms with Crippen molar-refractivity contribution in [3.05, 3.63) is 83.0 Å². The molecule has 4 rings (SSSR count). The number of carbonyl (C=O) groups is 1. The summed E-state index contributed by atoms with van der Waals surface area (Å²) in [5, 5.41) is 5.08. The summed E-state index contributed by atoms with van der Waals surface area (Å²) in [7, 11) is 0. The third-order valence-electron chi connectivity index (χ3n) is 5.42. The highest BCUT2D eigenvalue weighted by Crippen LogP contribution is 2.26. The number of likely N-dealkylation sites (tertiary alicyclic amines) is 1. The molecule has 2 aromatic carbocycles.